The first-order valence-electron chi connectivity index (χ1n) is 5.37. The van der Waals surface area contributed by atoms with Crippen LogP contribution in [0.1, 0.15) is 12.8 Å². The van der Waals surface area contributed by atoms with Crippen LogP contribution in [0.25, 0.3) is 0 Å². The fourth-order valence-electron chi connectivity index (χ4n) is 1.93. The highest BCUT2D eigenvalue weighted by Gasteiger charge is 2.33. The zero-order chi connectivity index (χ0) is 12.4. The van der Waals surface area contributed by atoms with Crippen molar-refractivity contribution in [3.63, 3.8) is 0 Å². The van der Waals surface area contributed by atoms with Gasteiger partial charge in [0.2, 0.25) is 0 Å². The molecule has 2 rings (SSSR count). The fraction of sp³-hybridized carbons (Fsp3) is 0.455. The smallest absolute Gasteiger partial charge is 0.183 e. The molecule has 94 valence electrons. The van der Waals surface area contributed by atoms with Gasteiger partial charge in [-0.2, -0.15) is 0 Å². The Bertz CT molecular complexity index is 391. The third-order valence-electron chi connectivity index (χ3n) is 2.85. The molecule has 1 unspecified atom stereocenters. The van der Waals surface area contributed by atoms with Crippen molar-refractivity contribution >= 4 is 5.69 Å². The molecule has 0 saturated heterocycles. The summed E-state index contributed by atoms with van der Waals surface area (Å²) in [6, 6.07) is 3.63. The maximum Gasteiger partial charge on any atom is 0.183 e. The van der Waals surface area contributed by atoms with E-state index in [1.807, 2.05) is 0 Å². The number of ether oxygens (including phenoxy) is 1. The molecule has 4 N–H and O–H groups in total. The molecule has 0 aliphatic heterocycles. The number of quaternary nitrogens is 1. The van der Waals surface area contributed by atoms with Gasteiger partial charge in [0.1, 0.15) is 11.9 Å². The minimum atomic E-state index is -0.826. The maximum atomic E-state index is 13.0. The molecule has 0 spiro atoms. The Hall–Kier alpha value is -1.21. The van der Waals surface area contributed by atoms with E-state index in [-0.39, 0.29) is 24.3 Å². The average Bonchev–Trinajstić information content (AvgIpc) is 2.58. The molecule has 1 fully saturated rings. The first-order chi connectivity index (χ1) is 8.10. The molecular weight excluding hydrogens is 229 g/mol. The summed E-state index contributed by atoms with van der Waals surface area (Å²) < 4.78 is 18.4. The lowest BCUT2D eigenvalue weighted by Crippen LogP contribution is -2.70. The van der Waals surface area contributed by atoms with Gasteiger partial charge in [-0.1, -0.05) is 0 Å². The predicted octanol–water partition coefficient (Wildman–Crippen LogP) is -0.219. The van der Waals surface area contributed by atoms with Gasteiger partial charge in [-0.15, -0.1) is 0 Å². The Morgan fingerprint density at radius 3 is 2.53 bits per heavy atom. The number of nitrogens with two attached hydrogens (primary N) is 1. The van der Waals surface area contributed by atoms with Crippen LogP contribution in [0, 0.1) is 11.0 Å². The van der Waals surface area contributed by atoms with Crippen molar-refractivity contribution in [1.29, 1.82) is 0 Å². The first-order valence-corrected chi connectivity index (χ1v) is 5.37. The van der Waals surface area contributed by atoms with E-state index in [1.54, 1.807) is 0 Å². The van der Waals surface area contributed by atoms with Crippen molar-refractivity contribution in [2.45, 2.75) is 31.2 Å². The van der Waals surface area contributed by atoms with Gasteiger partial charge in [0.25, 0.3) is 0 Å². The second kappa shape index (κ2) is 4.97. The molecule has 1 saturated carbocycles. The third-order valence-corrected chi connectivity index (χ3v) is 2.85. The molecule has 0 aromatic heterocycles. The van der Waals surface area contributed by atoms with E-state index in [9.17, 15) is 19.8 Å². The fourth-order valence-corrected chi connectivity index (χ4v) is 1.93. The Morgan fingerprint density at radius 1 is 1.29 bits per heavy atom. The van der Waals surface area contributed by atoms with Gasteiger partial charge in [-0.05, 0) is 6.07 Å². The molecule has 1 aliphatic rings. The van der Waals surface area contributed by atoms with E-state index >= 15 is 0 Å². The van der Waals surface area contributed by atoms with Gasteiger partial charge in [0.05, 0.1) is 12.2 Å². The molecule has 1 aliphatic carbocycles. The topological polar surface area (TPSA) is 89.4 Å². The normalized spacial score (nSPS) is 28.4. The van der Waals surface area contributed by atoms with E-state index in [0.717, 1.165) is 6.07 Å². The molecular formula is C11H14FNO4. The standard InChI is InChI=1S/C11H14FNO4/c12-6-1-2-8(13-16)11(3-6)17-7-4-9(14)10(15)5-7/h1-3,7,9-10,14-15H,4-5,13H2/t7?,9-,10+. The lowest BCUT2D eigenvalue weighted by Gasteiger charge is -2.15. The van der Waals surface area contributed by atoms with Crippen molar-refractivity contribution in [1.82, 2.24) is 0 Å². The number of aliphatic hydroxyl groups excluding tert-OH is 2. The third kappa shape index (κ3) is 2.73. The highest BCUT2D eigenvalue weighted by molar-refractivity contribution is 5.45. The molecule has 3 atom stereocenters. The van der Waals surface area contributed by atoms with Crippen LogP contribution in [-0.2, 0) is 0 Å². The van der Waals surface area contributed by atoms with E-state index in [4.69, 9.17) is 4.74 Å². The quantitative estimate of drug-likeness (QED) is 0.506. The Balaban J connectivity index is 2.10. The lowest BCUT2D eigenvalue weighted by molar-refractivity contribution is -0.498. The van der Waals surface area contributed by atoms with Crippen molar-refractivity contribution in [2.24, 2.45) is 0 Å². The second-order valence-corrected chi connectivity index (χ2v) is 4.15. The van der Waals surface area contributed by atoms with Crippen LogP contribution in [0.3, 0.4) is 0 Å². The van der Waals surface area contributed by atoms with Crippen molar-refractivity contribution in [3.8, 4) is 5.75 Å². The van der Waals surface area contributed by atoms with Crippen LogP contribution in [0.2, 0.25) is 0 Å². The number of hydrogen-bond donors (Lipinski definition) is 3. The summed E-state index contributed by atoms with van der Waals surface area (Å²) in [5.41, 5.74) is 0.832. The van der Waals surface area contributed by atoms with Crippen LogP contribution >= 0.6 is 0 Å². The van der Waals surface area contributed by atoms with Gasteiger partial charge in [0, 0.05) is 25.0 Å². The average molecular weight is 243 g/mol. The van der Waals surface area contributed by atoms with Gasteiger partial charge < -0.3 is 25.6 Å². The summed E-state index contributed by atoms with van der Waals surface area (Å²) in [4.78, 5) is 0. The summed E-state index contributed by atoms with van der Waals surface area (Å²) in [6.45, 7) is 0. The Morgan fingerprint density at radius 2 is 1.94 bits per heavy atom. The number of rotatable bonds is 3. The van der Waals surface area contributed by atoms with Crippen LogP contribution in [0.15, 0.2) is 18.2 Å². The van der Waals surface area contributed by atoms with Gasteiger partial charge in [-0.25, -0.2) is 4.39 Å². The highest BCUT2D eigenvalue weighted by atomic mass is 19.1. The number of hydrogen-bond acceptors (Lipinski definition) is 4. The monoisotopic (exact) mass is 243 g/mol. The molecule has 6 heteroatoms. The summed E-state index contributed by atoms with van der Waals surface area (Å²) in [7, 11) is 0. The SMILES string of the molecule is [O-][NH2+]c1ccc(F)cc1OC1C[C@@H](O)[C@@H](O)C1. The summed E-state index contributed by atoms with van der Waals surface area (Å²) >= 11 is 0. The van der Waals surface area contributed by atoms with Gasteiger partial charge in [-0.3, -0.25) is 0 Å². The van der Waals surface area contributed by atoms with Crippen LogP contribution in [-0.4, -0.2) is 28.5 Å². The van der Waals surface area contributed by atoms with Gasteiger partial charge in [0.15, 0.2) is 11.4 Å². The minimum Gasteiger partial charge on any atom is -0.630 e. The molecule has 5 nitrogen and oxygen atoms in total. The number of aliphatic hydroxyl groups is 2. The molecule has 1 aromatic rings. The molecule has 0 radical (unpaired) electrons. The molecule has 0 heterocycles. The largest absolute Gasteiger partial charge is 0.630 e. The highest BCUT2D eigenvalue weighted by Crippen LogP contribution is 2.28. The van der Waals surface area contributed by atoms with E-state index < -0.39 is 24.1 Å². The van der Waals surface area contributed by atoms with Gasteiger partial charge >= 0.3 is 0 Å². The van der Waals surface area contributed by atoms with Crippen molar-refractivity contribution in [2.75, 3.05) is 0 Å². The molecule has 1 aromatic carbocycles. The Kier molecular flexibility index (Phi) is 3.58. The molecule has 0 amide bonds. The molecule has 0 bridgehead atoms. The number of halogens is 1. The van der Waals surface area contributed by atoms with E-state index in [2.05, 4.69) is 0 Å². The van der Waals surface area contributed by atoms with Crippen molar-refractivity contribution < 1.29 is 24.8 Å². The Labute approximate surface area is 97.4 Å². The van der Waals surface area contributed by atoms with E-state index in [1.165, 1.54) is 12.1 Å². The predicted molar refractivity (Wildman–Crippen MR) is 57.0 cm³/mol. The summed E-state index contributed by atoms with van der Waals surface area (Å²) in [5, 5.41) is 29.4. The number of benzene rings is 1. The first kappa shape index (κ1) is 12.3. The van der Waals surface area contributed by atoms with Crippen LogP contribution in [0.4, 0.5) is 10.1 Å². The van der Waals surface area contributed by atoms with Crippen LogP contribution in [0.5, 0.6) is 5.75 Å². The summed E-state index contributed by atoms with van der Waals surface area (Å²) in [5.74, 6) is -0.351. The second-order valence-electron chi connectivity index (χ2n) is 4.15. The molecule has 17 heavy (non-hydrogen) atoms. The summed E-state index contributed by atoms with van der Waals surface area (Å²) in [6.07, 6.45) is -1.51. The van der Waals surface area contributed by atoms with Crippen molar-refractivity contribution in [3.05, 3.63) is 29.2 Å². The van der Waals surface area contributed by atoms with Crippen LogP contribution < -0.4 is 10.2 Å². The maximum absolute atomic E-state index is 13.0. The minimum absolute atomic E-state index is 0.145. The van der Waals surface area contributed by atoms with E-state index in [0.29, 0.717) is 5.48 Å². The zero-order valence-corrected chi connectivity index (χ0v) is 9.04. The lowest BCUT2D eigenvalue weighted by atomic mass is 10.2. The zero-order valence-electron chi connectivity index (χ0n) is 9.04.